The van der Waals surface area contributed by atoms with E-state index in [1.165, 1.54) is 17.0 Å². The average molecular weight is 475 g/mol. The van der Waals surface area contributed by atoms with Crippen molar-refractivity contribution in [3.8, 4) is 0 Å². The zero-order valence-electron chi connectivity index (χ0n) is 10.8. The number of hydrogen-bond acceptors (Lipinski definition) is 2. The van der Waals surface area contributed by atoms with E-state index in [1.54, 1.807) is 6.07 Å². The molecule has 1 aliphatic heterocycles. The van der Waals surface area contributed by atoms with Gasteiger partial charge in [-0.1, -0.05) is 31.9 Å². The highest BCUT2D eigenvalue weighted by Gasteiger charge is 2.45. The lowest BCUT2D eigenvalue weighted by molar-refractivity contribution is -0.187. The Bertz CT molecular complexity index is 434. The van der Waals surface area contributed by atoms with E-state index in [4.69, 9.17) is 0 Å². The first-order valence-corrected chi connectivity index (χ1v) is 7.44. The van der Waals surface area contributed by atoms with Crippen molar-refractivity contribution < 1.29 is 13.2 Å². The van der Waals surface area contributed by atoms with Gasteiger partial charge >= 0.3 is 6.18 Å². The van der Waals surface area contributed by atoms with Crippen LogP contribution in [0.3, 0.4) is 0 Å². The minimum atomic E-state index is -4.28. The maximum Gasteiger partial charge on any atom is 0.408 e. The second-order valence-electron chi connectivity index (χ2n) is 4.43. The smallest absolute Gasteiger partial charge is 0.314 e. The van der Waals surface area contributed by atoms with Gasteiger partial charge in [-0.2, -0.15) is 13.2 Å². The summed E-state index contributed by atoms with van der Waals surface area (Å²) in [6, 6.07) is 3.24. The Labute approximate surface area is 150 Å². The molecule has 0 radical (unpaired) electrons. The third kappa shape index (κ3) is 5.88. The van der Waals surface area contributed by atoms with Crippen molar-refractivity contribution in [3.63, 3.8) is 0 Å². The topological polar surface area (TPSA) is 15.3 Å². The molecule has 1 fully saturated rings. The van der Waals surface area contributed by atoms with Crippen molar-refractivity contribution in [2.24, 2.45) is 0 Å². The van der Waals surface area contributed by atoms with Gasteiger partial charge in [0.25, 0.3) is 0 Å². The molecule has 1 N–H and O–H groups in total. The molecule has 0 amide bonds. The Hall–Kier alpha value is 0.470. The highest BCUT2D eigenvalue weighted by atomic mass is 79.9. The van der Waals surface area contributed by atoms with Crippen molar-refractivity contribution in [2.45, 2.75) is 12.2 Å². The largest absolute Gasteiger partial charge is 0.408 e. The Morgan fingerprint density at radius 2 is 1.48 bits per heavy atom. The minimum Gasteiger partial charge on any atom is -0.314 e. The molecule has 9 heteroatoms. The molecule has 1 aliphatic rings. The highest BCUT2D eigenvalue weighted by molar-refractivity contribution is 9.11. The third-order valence-corrected chi connectivity index (χ3v) is 3.94. The number of alkyl halides is 3. The molecule has 0 aliphatic carbocycles. The summed E-state index contributed by atoms with van der Waals surface area (Å²) in [5.41, 5.74) is 0.260. The molecule has 0 aromatic heterocycles. The molecular formula is C12H15Br2Cl2F3N2. The van der Waals surface area contributed by atoms with E-state index in [-0.39, 0.29) is 30.4 Å². The van der Waals surface area contributed by atoms with Gasteiger partial charge in [-0.25, -0.2) is 0 Å². The van der Waals surface area contributed by atoms with E-state index in [0.29, 0.717) is 35.1 Å². The van der Waals surface area contributed by atoms with Crippen LogP contribution >= 0.6 is 56.7 Å². The van der Waals surface area contributed by atoms with Crippen molar-refractivity contribution in [2.75, 3.05) is 26.2 Å². The van der Waals surface area contributed by atoms with Crippen LogP contribution in [0.25, 0.3) is 0 Å². The van der Waals surface area contributed by atoms with Gasteiger partial charge in [-0.15, -0.1) is 24.8 Å². The normalized spacial score (nSPS) is 17.6. The number of rotatable bonds is 2. The predicted molar refractivity (Wildman–Crippen MR) is 89.6 cm³/mol. The maximum atomic E-state index is 13.4. The summed E-state index contributed by atoms with van der Waals surface area (Å²) in [6.07, 6.45) is -4.28. The predicted octanol–water partition coefficient (Wildman–Crippen LogP) is 4.56. The molecule has 0 saturated carbocycles. The van der Waals surface area contributed by atoms with Gasteiger partial charge in [0.15, 0.2) is 0 Å². The number of nitrogens with one attached hydrogen (secondary N) is 1. The molecule has 1 aromatic carbocycles. The molecule has 21 heavy (non-hydrogen) atoms. The fourth-order valence-electron chi connectivity index (χ4n) is 2.28. The van der Waals surface area contributed by atoms with Gasteiger partial charge in [-0.3, -0.25) is 4.90 Å². The molecule has 2 rings (SSSR count). The van der Waals surface area contributed by atoms with E-state index >= 15 is 0 Å². The Morgan fingerprint density at radius 1 is 1.00 bits per heavy atom. The van der Waals surface area contributed by atoms with Crippen LogP contribution in [-0.4, -0.2) is 37.3 Å². The van der Waals surface area contributed by atoms with Crippen molar-refractivity contribution >= 4 is 56.7 Å². The van der Waals surface area contributed by atoms with Gasteiger partial charge in [0.05, 0.1) is 0 Å². The van der Waals surface area contributed by atoms with E-state index in [0.717, 1.165) is 0 Å². The van der Waals surface area contributed by atoms with E-state index in [1.807, 2.05) is 0 Å². The summed E-state index contributed by atoms with van der Waals surface area (Å²) < 4.78 is 41.4. The second-order valence-corrected chi connectivity index (χ2v) is 6.26. The molecule has 1 aromatic rings. The lowest BCUT2D eigenvalue weighted by atomic mass is 10.0. The number of nitrogens with zero attached hydrogens (tertiary/aromatic N) is 1. The lowest BCUT2D eigenvalue weighted by Crippen LogP contribution is -2.49. The molecule has 1 heterocycles. The summed E-state index contributed by atoms with van der Waals surface area (Å²) in [5, 5.41) is 3.07. The molecule has 0 bridgehead atoms. The summed E-state index contributed by atoms with van der Waals surface area (Å²) in [5.74, 6) is 0. The number of halogens is 7. The van der Waals surface area contributed by atoms with Crippen LogP contribution < -0.4 is 5.32 Å². The van der Waals surface area contributed by atoms with Gasteiger partial charge in [-0.05, 0) is 23.8 Å². The third-order valence-electron chi connectivity index (χ3n) is 3.03. The molecule has 0 spiro atoms. The van der Waals surface area contributed by atoms with E-state index in [9.17, 15) is 13.2 Å². The monoisotopic (exact) mass is 472 g/mol. The number of benzene rings is 1. The average Bonchev–Trinajstić information content (AvgIpc) is 2.27. The first-order chi connectivity index (χ1) is 8.88. The molecule has 122 valence electrons. The molecule has 2 nitrogen and oxygen atoms in total. The second kappa shape index (κ2) is 8.93. The fourth-order valence-corrected chi connectivity index (χ4v) is 3.61. The lowest BCUT2D eigenvalue weighted by Gasteiger charge is -2.36. The Morgan fingerprint density at radius 3 is 1.90 bits per heavy atom. The van der Waals surface area contributed by atoms with Crippen molar-refractivity contribution in [1.29, 1.82) is 0 Å². The van der Waals surface area contributed by atoms with Crippen molar-refractivity contribution in [1.82, 2.24) is 10.2 Å². The molecule has 1 saturated heterocycles. The molecule has 1 atom stereocenters. The van der Waals surface area contributed by atoms with Gasteiger partial charge in [0, 0.05) is 35.1 Å². The Kier molecular flexibility index (Phi) is 9.13. The quantitative estimate of drug-likeness (QED) is 0.676. The standard InChI is InChI=1S/C12H13Br2F3N2.2ClH/c13-9-5-8(6-10(14)7-9)11(12(15,16)17)19-3-1-18-2-4-19;;/h5-7,11,18H,1-4H2;2*1H/t11-;;/m0../s1. The maximum absolute atomic E-state index is 13.4. The summed E-state index contributed by atoms with van der Waals surface area (Å²) in [7, 11) is 0. The fraction of sp³-hybridized carbons (Fsp3) is 0.500. The van der Waals surface area contributed by atoms with Crippen LogP contribution in [-0.2, 0) is 0 Å². The van der Waals surface area contributed by atoms with Gasteiger partial charge in [0.1, 0.15) is 6.04 Å². The van der Waals surface area contributed by atoms with Crippen LogP contribution in [0.1, 0.15) is 11.6 Å². The van der Waals surface area contributed by atoms with Crippen LogP contribution in [0, 0.1) is 0 Å². The molecular weight excluding hydrogens is 460 g/mol. The van der Waals surface area contributed by atoms with Crippen LogP contribution in [0.5, 0.6) is 0 Å². The molecule has 0 unspecified atom stereocenters. The number of piperazine rings is 1. The van der Waals surface area contributed by atoms with Crippen LogP contribution in [0.2, 0.25) is 0 Å². The van der Waals surface area contributed by atoms with E-state index in [2.05, 4.69) is 37.2 Å². The Balaban J connectivity index is 0.00000200. The van der Waals surface area contributed by atoms with Gasteiger partial charge in [0.2, 0.25) is 0 Å². The highest BCUT2D eigenvalue weighted by Crippen LogP contribution is 2.39. The zero-order valence-corrected chi connectivity index (χ0v) is 15.6. The summed E-state index contributed by atoms with van der Waals surface area (Å²) in [4.78, 5) is 1.48. The van der Waals surface area contributed by atoms with Crippen LogP contribution in [0.4, 0.5) is 13.2 Å². The first-order valence-electron chi connectivity index (χ1n) is 5.85. The number of hydrogen-bond donors (Lipinski definition) is 1. The minimum absolute atomic E-state index is 0. The zero-order chi connectivity index (χ0) is 14.0. The summed E-state index contributed by atoms with van der Waals surface area (Å²) >= 11 is 6.49. The van der Waals surface area contributed by atoms with Crippen LogP contribution in [0.15, 0.2) is 27.1 Å². The first kappa shape index (κ1) is 21.5. The SMILES string of the molecule is Cl.Cl.FC(F)(F)[C@H](c1cc(Br)cc(Br)c1)N1CCNCC1. The summed E-state index contributed by atoms with van der Waals surface area (Å²) in [6.45, 7) is 1.96. The van der Waals surface area contributed by atoms with E-state index < -0.39 is 12.2 Å². The van der Waals surface area contributed by atoms with Crippen molar-refractivity contribution in [3.05, 3.63) is 32.7 Å². The van der Waals surface area contributed by atoms with Gasteiger partial charge < -0.3 is 5.32 Å².